The first kappa shape index (κ1) is 83.4. The van der Waals surface area contributed by atoms with Crippen LogP contribution in [0.3, 0.4) is 0 Å². The molecule has 0 unspecified atom stereocenters. The lowest BCUT2D eigenvalue weighted by Gasteiger charge is -2.49. The molecule has 0 spiro atoms. The number of nitrogens with zero attached hydrogens (tertiary/aromatic N) is 9. The predicted molar refractivity (Wildman–Crippen MR) is 589 cm³/mol. The van der Waals surface area contributed by atoms with E-state index in [1.807, 2.05) is 0 Å². The third-order valence-corrected chi connectivity index (χ3v) is 29.5. The molecule has 0 radical (unpaired) electrons. The van der Waals surface area contributed by atoms with Gasteiger partial charge in [-0.25, -0.2) is 0 Å². The molecule has 25 rings (SSSR count). The van der Waals surface area contributed by atoms with Gasteiger partial charge in [0.25, 0.3) is 20.1 Å². The number of anilines is 27. The molecule has 19 aromatic carbocycles. The molecule has 660 valence electrons. The van der Waals surface area contributed by atoms with E-state index in [-0.39, 0.29) is 13.4 Å². The van der Waals surface area contributed by atoms with Crippen molar-refractivity contribution in [1.29, 1.82) is 0 Å². The second-order valence-electron chi connectivity index (χ2n) is 38.7. The van der Waals surface area contributed by atoms with Gasteiger partial charge in [-0.05, 0) is 334 Å². The molecular weight excluding hydrogens is 1670 g/mol. The second-order valence-corrected chi connectivity index (χ2v) is 38.7. The molecule has 6 heterocycles. The Morgan fingerprint density at radius 3 is 0.565 bits per heavy atom. The maximum atomic E-state index is 2.76. The maximum absolute atomic E-state index is 2.76. The summed E-state index contributed by atoms with van der Waals surface area (Å²) in [7, 11) is 0. The van der Waals surface area contributed by atoms with Crippen molar-refractivity contribution in [3.63, 3.8) is 0 Å². The number of benzene rings is 19. The summed E-state index contributed by atoms with van der Waals surface area (Å²) in [6.45, 7) is 26.8. The van der Waals surface area contributed by atoms with Crippen molar-refractivity contribution in [2.75, 3.05) is 44.1 Å². The van der Waals surface area contributed by atoms with Gasteiger partial charge in [-0.3, -0.25) is 0 Å². The molecule has 12 heteroatoms. The van der Waals surface area contributed by atoms with E-state index >= 15 is 0 Å². The number of para-hydroxylation sites is 10. The Kier molecular flexibility index (Phi) is 19.8. The predicted octanol–water partition coefficient (Wildman–Crippen LogP) is 28.0. The number of fused-ring (bicyclic) bond motifs is 12. The van der Waals surface area contributed by atoms with Crippen molar-refractivity contribution in [3.05, 3.63) is 467 Å². The summed E-state index contributed by atoms with van der Waals surface area (Å²) in [4.78, 5) is 23.5. The van der Waals surface area contributed by atoms with Crippen LogP contribution < -0.4 is 93.3 Å². The van der Waals surface area contributed by atoms with E-state index < -0.39 is 6.71 Å². The van der Waals surface area contributed by atoms with Crippen LogP contribution in [0.4, 0.5) is 154 Å². The van der Waals surface area contributed by atoms with Crippen molar-refractivity contribution in [1.82, 2.24) is 0 Å². The monoisotopic (exact) mass is 1770 g/mol. The molecule has 9 nitrogen and oxygen atoms in total. The maximum Gasteiger partial charge on any atom is 0.252 e. The Bertz CT molecular complexity index is 7520. The van der Waals surface area contributed by atoms with E-state index in [0.717, 1.165) is 154 Å². The summed E-state index contributed by atoms with van der Waals surface area (Å²) >= 11 is 0. The molecule has 0 saturated heterocycles. The average Bonchev–Trinajstić information content (AvgIpc) is 0.679. The minimum Gasteiger partial charge on any atom is -0.311 e. The van der Waals surface area contributed by atoms with Crippen LogP contribution in [0, 0.1) is 83.1 Å². The zero-order chi connectivity index (χ0) is 93.3. The summed E-state index contributed by atoms with van der Waals surface area (Å²) < 4.78 is 0. The minimum absolute atomic E-state index is 0.295. The standard InChI is InChI=1S/C126H102B3N9/c1-79-61-83(5)123(84(6)62-79)135-110-77-112-106(75-104(110)127-102-57-37-39-59-108(102)133(97-53-33-19-34-54-97)114-69-99(71-116(135)120(114)127)130(91-41-21-13-22-42-91)92-43-23-14-24-44-92)129-107-76-105-111(78-113(107)138(126-89(11)67-82(4)68-90(126)12)119-74-101(132(95-49-29-17-30-50-95)96-51-31-18-32-52-96)73-118(122(119)129)137(112)125-87(9)65-81(3)66-88(125)10)136(124-85(7)63-80(2)64-86(124)8)117-72-100(131(93-45-25-15-26-46-93)94-47-27-16-28-48-94)70-115-121(117)128(105)103-58-38-40-60-109(103)134(115)98-55-35-20-36-56-98/h13-78H,1-12H3. The van der Waals surface area contributed by atoms with Gasteiger partial charge in [-0.1, -0.05) is 265 Å². The number of hydrogen-bond acceptors (Lipinski definition) is 9. The van der Waals surface area contributed by atoms with Gasteiger partial charge in [0.15, 0.2) is 0 Å². The topological polar surface area (TPSA) is 29.2 Å². The molecule has 6 aliphatic rings. The van der Waals surface area contributed by atoms with E-state index in [0.29, 0.717) is 0 Å². The van der Waals surface area contributed by atoms with Gasteiger partial charge in [0, 0.05) is 114 Å². The van der Waals surface area contributed by atoms with Gasteiger partial charge in [0.2, 0.25) is 0 Å². The largest absolute Gasteiger partial charge is 0.311 e. The summed E-state index contributed by atoms with van der Waals surface area (Å²) in [5, 5.41) is 0. The van der Waals surface area contributed by atoms with Crippen LogP contribution in [0.5, 0.6) is 0 Å². The van der Waals surface area contributed by atoms with Crippen molar-refractivity contribution in [3.8, 4) is 0 Å². The molecule has 0 N–H and O–H groups in total. The summed E-state index contributed by atoms with van der Waals surface area (Å²) in [5.74, 6) is 0. The van der Waals surface area contributed by atoms with E-state index in [1.54, 1.807) is 0 Å². The van der Waals surface area contributed by atoms with Crippen LogP contribution >= 0.6 is 0 Å². The Labute approximate surface area is 811 Å². The van der Waals surface area contributed by atoms with Crippen LogP contribution in [0.15, 0.2) is 400 Å². The van der Waals surface area contributed by atoms with Gasteiger partial charge < -0.3 is 44.1 Å². The lowest BCUT2D eigenvalue weighted by molar-refractivity contribution is 1.16. The highest BCUT2D eigenvalue weighted by Crippen LogP contribution is 2.58. The Morgan fingerprint density at radius 2 is 0.341 bits per heavy atom. The van der Waals surface area contributed by atoms with Crippen molar-refractivity contribution in [2.24, 2.45) is 0 Å². The quantitative estimate of drug-likeness (QED) is 0.0931. The summed E-state index contributed by atoms with van der Waals surface area (Å²) in [6, 6.07) is 152. The van der Waals surface area contributed by atoms with E-state index in [9.17, 15) is 0 Å². The summed E-state index contributed by atoms with van der Waals surface area (Å²) in [6.07, 6.45) is 0. The number of rotatable bonds is 15. The van der Waals surface area contributed by atoms with Crippen LogP contribution in [0.2, 0.25) is 0 Å². The van der Waals surface area contributed by atoms with E-state index in [1.165, 1.54) is 116 Å². The average molecular weight is 1770 g/mol. The fourth-order valence-corrected chi connectivity index (χ4v) is 24.8. The summed E-state index contributed by atoms with van der Waals surface area (Å²) in [5.41, 5.74) is 55.2. The SMILES string of the molecule is Cc1cc(C)c(N2c3cc4c(cc3B3c5ccccc5N(c5ccccc5)c5cc(N(c6ccccc6)c6ccccc6)cc2c53)B2c3cc5c(cc3N(c3c(C)cc(C)cc3C)c3cc(N(c6ccccc6)c6ccccc6)cc(c32)N4c2c(C)cc(C)cc2C)N(c2c(C)cc(C)cc2C)c2cc(N(c3ccccc3)c3ccccc3)cc3c2B5c2ccccc2N3c2ccccc2)c(C)c1. The Hall–Kier alpha value is -16.4. The van der Waals surface area contributed by atoms with Gasteiger partial charge in [-0.2, -0.15) is 0 Å². The molecule has 19 aromatic rings. The first-order valence-electron chi connectivity index (χ1n) is 48.5. The zero-order valence-corrected chi connectivity index (χ0v) is 79.9. The first-order valence-corrected chi connectivity index (χ1v) is 48.5. The van der Waals surface area contributed by atoms with E-state index in [2.05, 4.69) is 528 Å². The third-order valence-electron chi connectivity index (χ3n) is 29.5. The highest BCUT2D eigenvalue weighted by molar-refractivity contribution is 7.05. The van der Waals surface area contributed by atoms with Gasteiger partial charge in [-0.15, -0.1) is 0 Å². The minimum atomic E-state index is -0.426. The molecule has 0 bridgehead atoms. The molecule has 138 heavy (non-hydrogen) atoms. The lowest BCUT2D eigenvalue weighted by Crippen LogP contribution is -2.67. The molecule has 0 aromatic heterocycles. The fourth-order valence-electron chi connectivity index (χ4n) is 24.8. The lowest BCUT2D eigenvalue weighted by atomic mass is 9.29. The normalized spacial score (nSPS) is 13.1. The molecule has 0 atom stereocenters. The van der Waals surface area contributed by atoms with Gasteiger partial charge in [0.05, 0.1) is 39.8 Å². The second kappa shape index (κ2) is 32.7. The first-order chi connectivity index (χ1) is 67.5. The van der Waals surface area contributed by atoms with Gasteiger partial charge in [0.1, 0.15) is 0 Å². The van der Waals surface area contributed by atoms with E-state index in [4.69, 9.17) is 0 Å². The van der Waals surface area contributed by atoms with Crippen LogP contribution in [-0.4, -0.2) is 20.1 Å². The molecule has 6 aliphatic heterocycles. The van der Waals surface area contributed by atoms with Crippen LogP contribution in [-0.2, 0) is 0 Å². The highest BCUT2D eigenvalue weighted by Gasteiger charge is 2.53. The third kappa shape index (κ3) is 13.1. The zero-order valence-electron chi connectivity index (χ0n) is 79.9. The number of hydrogen-bond donors (Lipinski definition) is 0. The molecular formula is C126H102B3N9. The Balaban J connectivity index is 0.862. The van der Waals surface area contributed by atoms with Crippen molar-refractivity contribution < 1.29 is 0 Å². The van der Waals surface area contributed by atoms with Gasteiger partial charge >= 0.3 is 0 Å². The van der Waals surface area contributed by atoms with Crippen molar-refractivity contribution in [2.45, 2.75) is 83.1 Å². The Morgan fingerprint density at radius 1 is 0.152 bits per heavy atom. The fraction of sp³-hybridized carbons (Fsp3) is 0.0952. The van der Waals surface area contributed by atoms with Crippen LogP contribution in [0.1, 0.15) is 66.8 Å². The number of aryl methyl sites for hydroxylation is 12. The molecule has 0 fully saturated rings. The smallest absolute Gasteiger partial charge is 0.252 e. The van der Waals surface area contributed by atoms with Crippen molar-refractivity contribution >= 4 is 223 Å². The molecule has 0 saturated carbocycles. The molecule has 0 aliphatic carbocycles. The molecule has 0 amide bonds. The highest BCUT2D eigenvalue weighted by atomic mass is 15.3. The van der Waals surface area contributed by atoms with Crippen LogP contribution in [0.25, 0.3) is 0 Å².